The predicted octanol–water partition coefficient (Wildman–Crippen LogP) is 2.49. The third kappa shape index (κ3) is 3.29. The van der Waals surface area contributed by atoms with Crippen LogP contribution < -0.4 is 0 Å². The van der Waals surface area contributed by atoms with Crippen molar-refractivity contribution in [2.24, 2.45) is 0 Å². The van der Waals surface area contributed by atoms with Gasteiger partial charge in [0.1, 0.15) is 10.3 Å². The predicted molar refractivity (Wildman–Crippen MR) is 72.5 cm³/mol. The summed E-state index contributed by atoms with van der Waals surface area (Å²) in [5.74, 6) is -0.0137. The zero-order chi connectivity index (χ0) is 13.0. The minimum atomic E-state index is -0.0137. The normalized spacial score (nSPS) is 20.6. The fourth-order valence-corrected chi connectivity index (χ4v) is 2.36. The first-order chi connectivity index (χ1) is 8.70. The molecule has 18 heavy (non-hydrogen) atoms. The summed E-state index contributed by atoms with van der Waals surface area (Å²) < 4.78 is 6.36. The van der Waals surface area contributed by atoms with Crippen molar-refractivity contribution in [2.75, 3.05) is 19.7 Å². The lowest BCUT2D eigenvalue weighted by atomic mass is 10.2. The van der Waals surface area contributed by atoms with Crippen molar-refractivity contribution in [2.45, 2.75) is 25.9 Å². The highest BCUT2D eigenvalue weighted by molar-refractivity contribution is 9.10. The van der Waals surface area contributed by atoms with Gasteiger partial charge >= 0.3 is 0 Å². The smallest absolute Gasteiger partial charge is 0.272 e. The number of ether oxygens (including phenoxy) is 1. The molecule has 1 unspecified atom stereocenters. The molecule has 1 aliphatic heterocycles. The minimum absolute atomic E-state index is 0.0137. The minimum Gasteiger partial charge on any atom is -0.376 e. The van der Waals surface area contributed by atoms with E-state index in [1.807, 2.05) is 17.0 Å². The van der Waals surface area contributed by atoms with Crippen molar-refractivity contribution < 1.29 is 9.53 Å². The van der Waals surface area contributed by atoms with E-state index < -0.39 is 0 Å². The molecule has 0 bridgehead atoms. The lowest BCUT2D eigenvalue weighted by Crippen LogP contribution is -2.37. The highest BCUT2D eigenvalue weighted by Gasteiger charge is 2.23. The Kier molecular flexibility index (Phi) is 4.72. The van der Waals surface area contributed by atoms with Gasteiger partial charge in [-0.2, -0.15) is 0 Å². The largest absolute Gasteiger partial charge is 0.376 e. The number of hydrogen-bond acceptors (Lipinski definition) is 3. The second-order valence-electron chi connectivity index (χ2n) is 4.35. The van der Waals surface area contributed by atoms with Gasteiger partial charge in [-0.1, -0.05) is 13.0 Å². The van der Waals surface area contributed by atoms with Crippen LogP contribution in [0.1, 0.15) is 30.3 Å². The quantitative estimate of drug-likeness (QED) is 0.788. The van der Waals surface area contributed by atoms with Crippen molar-refractivity contribution in [1.29, 1.82) is 0 Å². The van der Waals surface area contributed by atoms with Gasteiger partial charge in [0.2, 0.25) is 0 Å². The molecule has 0 aromatic carbocycles. The molecule has 1 aromatic rings. The first-order valence-electron chi connectivity index (χ1n) is 6.24. The molecule has 0 radical (unpaired) electrons. The molecule has 0 saturated carbocycles. The lowest BCUT2D eigenvalue weighted by Gasteiger charge is -2.23. The van der Waals surface area contributed by atoms with Gasteiger partial charge in [0.25, 0.3) is 5.91 Å². The van der Waals surface area contributed by atoms with E-state index >= 15 is 0 Å². The maximum Gasteiger partial charge on any atom is 0.272 e. The second-order valence-corrected chi connectivity index (χ2v) is 5.16. The Balaban J connectivity index is 2.12. The van der Waals surface area contributed by atoms with Crippen LogP contribution in [0.5, 0.6) is 0 Å². The summed E-state index contributed by atoms with van der Waals surface area (Å²) in [6.45, 7) is 4.21. The van der Waals surface area contributed by atoms with E-state index in [-0.39, 0.29) is 12.0 Å². The van der Waals surface area contributed by atoms with E-state index in [0.717, 1.165) is 26.0 Å². The van der Waals surface area contributed by atoms with E-state index in [4.69, 9.17) is 4.74 Å². The van der Waals surface area contributed by atoms with E-state index in [9.17, 15) is 4.79 Å². The number of pyridine rings is 1. The summed E-state index contributed by atoms with van der Waals surface area (Å²) in [5, 5.41) is 0. The summed E-state index contributed by atoms with van der Waals surface area (Å²) >= 11 is 3.29. The zero-order valence-electron chi connectivity index (χ0n) is 10.4. The summed E-state index contributed by atoms with van der Waals surface area (Å²) in [5.41, 5.74) is 0.487. The van der Waals surface area contributed by atoms with Gasteiger partial charge in [0, 0.05) is 19.7 Å². The van der Waals surface area contributed by atoms with E-state index in [0.29, 0.717) is 16.8 Å². The Morgan fingerprint density at radius 1 is 1.61 bits per heavy atom. The third-order valence-electron chi connectivity index (χ3n) is 3.03. The topological polar surface area (TPSA) is 42.4 Å². The number of hydrogen-bond donors (Lipinski definition) is 0. The monoisotopic (exact) mass is 312 g/mol. The SMILES string of the molecule is CCC1CN(C(=O)c2cccc(Br)n2)CCCO1. The molecule has 2 heterocycles. The maximum atomic E-state index is 12.4. The summed E-state index contributed by atoms with van der Waals surface area (Å²) in [6.07, 6.45) is 1.95. The van der Waals surface area contributed by atoms with Gasteiger partial charge in [-0.05, 0) is 40.9 Å². The summed E-state index contributed by atoms with van der Waals surface area (Å²) in [7, 11) is 0. The Morgan fingerprint density at radius 2 is 2.44 bits per heavy atom. The van der Waals surface area contributed by atoms with E-state index in [2.05, 4.69) is 27.8 Å². The Labute approximate surface area is 115 Å². The van der Waals surface area contributed by atoms with Crippen molar-refractivity contribution >= 4 is 21.8 Å². The average molecular weight is 313 g/mol. The number of halogens is 1. The van der Waals surface area contributed by atoms with Gasteiger partial charge < -0.3 is 9.64 Å². The number of carbonyl (C=O) groups is 1. The fraction of sp³-hybridized carbons (Fsp3) is 0.538. The Hall–Kier alpha value is -0.940. The highest BCUT2D eigenvalue weighted by Crippen LogP contribution is 2.13. The first kappa shape index (κ1) is 13.5. The molecule has 0 N–H and O–H groups in total. The molecule has 4 nitrogen and oxygen atoms in total. The molecule has 0 aliphatic carbocycles. The van der Waals surface area contributed by atoms with Crippen LogP contribution in [0.15, 0.2) is 22.8 Å². The summed E-state index contributed by atoms with van der Waals surface area (Å²) in [6, 6.07) is 5.40. The molecule has 5 heteroatoms. The van der Waals surface area contributed by atoms with Crippen LogP contribution in [0.3, 0.4) is 0 Å². The summed E-state index contributed by atoms with van der Waals surface area (Å²) in [4.78, 5) is 18.4. The standard InChI is InChI=1S/C13H17BrN2O2/c1-2-10-9-16(7-4-8-18-10)13(17)11-5-3-6-12(14)15-11/h3,5-6,10H,2,4,7-9H2,1H3. The van der Waals surface area contributed by atoms with Crippen LogP contribution in [0.2, 0.25) is 0 Å². The van der Waals surface area contributed by atoms with Crippen molar-refractivity contribution in [3.8, 4) is 0 Å². The number of aromatic nitrogens is 1. The molecule has 1 saturated heterocycles. The van der Waals surface area contributed by atoms with Crippen LogP contribution in [-0.2, 0) is 4.74 Å². The van der Waals surface area contributed by atoms with Crippen molar-refractivity contribution in [3.63, 3.8) is 0 Å². The average Bonchev–Trinajstić information content (AvgIpc) is 2.63. The Morgan fingerprint density at radius 3 is 3.17 bits per heavy atom. The first-order valence-corrected chi connectivity index (χ1v) is 7.03. The van der Waals surface area contributed by atoms with Crippen molar-refractivity contribution in [1.82, 2.24) is 9.88 Å². The molecular formula is C13H17BrN2O2. The van der Waals surface area contributed by atoms with Crippen LogP contribution in [-0.4, -0.2) is 41.6 Å². The van der Waals surface area contributed by atoms with Crippen LogP contribution in [0.25, 0.3) is 0 Å². The molecule has 1 amide bonds. The van der Waals surface area contributed by atoms with E-state index in [1.165, 1.54) is 0 Å². The molecule has 0 spiro atoms. The molecule has 1 fully saturated rings. The molecule has 1 atom stereocenters. The van der Waals surface area contributed by atoms with Crippen molar-refractivity contribution in [3.05, 3.63) is 28.5 Å². The number of carbonyl (C=O) groups excluding carboxylic acids is 1. The molecular weight excluding hydrogens is 296 g/mol. The van der Waals surface area contributed by atoms with Gasteiger partial charge in [0.15, 0.2) is 0 Å². The van der Waals surface area contributed by atoms with Crippen LogP contribution >= 0.6 is 15.9 Å². The number of rotatable bonds is 2. The van der Waals surface area contributed by atoms with E-state index in [1.54, 1.807) is 6.07 Å². The van der Waals surface area contributed by atoms with Gasteiger partial charge in [-0.3, -0.25) is 4.79 Å². The number of amides is 1. The van der Waals surface area contributed by atoms with Crippen LogP contribution in [0.4, 0.5) is 0 Å². The fourth-order valence-electron chi connectivity index (χ4n) is 2.02. The van der Waals surface area contributed by atoms with Gasteiger partial charge in [-0.25, -0.2) is 4.98 Å². The lowest BCUT2D eigenvalue weighted by molar-refractivity contribution is 0.0457. The molecule has 2 rings (SSSR count). The van der Waals surface area contributed by atoms with Crippen LogP contribution in [0, 0.1) is 0 Å². The number of nitrogens with zero attached hydrogens (tertiary/aromatic N) is 2. The van der Waals surface area contributed by atoms with Gasteiger partial charge in [0.05, 0.1) is 6.10 Å². The molecule has 98 valence electrons. The zero-order valence-corrected chi connectivity index (χ0v) is 12.0. The second kappa shape index (κ2) is 6.29. The third-order valence-corrected chi connectivity index (χ3v) is 3.47. The van der Waals surface area contributed by atoms with Gasteiger partial charge in [-0.15, -0.1) is 0 Å². The Bertz CT molecular complexity index is 425. The highest BCUT2D eigenvalue weighted by atomic mass is 79.9. The molecule has 1 aliphatic rings. The molecule has 1 aromatic heterocycles. The maximum absolute atomic E-state index is 12.4.